The van der Waals surface area contributed by atoms with Crippen molar-refractivity contribution in [2.24, 2.45) is 0 Å². The van der Waals surface area contributed by atoms with Crippen LogP contribution in [0.1, 0.15) is 16.2 Å². The second-order valence-electron chi connectivity index (χ2n) is 6.61. The normalized spacial score (nSPS) is 12.0. The van der Waals surface area contributed by atoms with Crippen LogP contribution in [-0.4, -0.2) is 42.8 Å². The summed E-state index contributed by atoms with van der Waals surface area (Å²) in [6.45, 7) is 0.0286. The number of fused-ring (bicyclic) bond motifs is 2. The number of hydrogen-bond donors (Lipinski definition) is 1. The SMILES string of the molecule is COC(=O)c1cccc2nc(CN(C)S(=O)(=O)c3cccc4ccccc34)[nH]c12. The molecule has 0 bridgehead atoms. The molecule has 0 aliphatic rings. The number of ether oxygens (including phenoxy) is 1. The highest BCUT2D eigenvalue weighted by molar-refractivity contribution is 7.89. The van der Waals surface area contributed by atoms with Gasteiger partial charge in [0.05, 0.1) is 35.1 Å². The molecule has 0 aliphatic carbocycles. The largest absolute Gasteiger partial charge is 0.465 e. The quantitative estimate of drug-likeness (QED) is 0.511. The van der Waals surface area contributed by atoms with Crippen LogP contribution in [0.5, 0.6) is 0 Å². The third-order valence-corrected chi connectivity index (χ3v) is 6.64. The molecule has 0 unspecified atom stereocenters. The van der Waals surface area contributed by atoms with Crippen LogP contribution in [0.2, 0.25) is 0 Å². The van der Waals surface area contributed by atoms with Gasteiger partial charge in [-0.15, -0.1) is 0 Å². The minimum atomic E-state index is -3.75. The maximum absolute atomic E-state index is 13.2. The van der Waals surface area contributed by atoms with Crippen molar-refractivity contribution in [1.82, 2.24) is 14.3 Å². The highest BCUT2D eigenvalue weighted by atomic mass is 32.2. The van der Waals surface area contributed by atoms with Crippen LogP contribution >= 0.6 is 0 Å². The van der Waals surface area contributed by atoms with Crippen LogP contribution in [0.4, 0.5) is 0 Å². The second kappa shape index (κ2) is 7.31. The van der Waals surface area contributed by atoms with Crippen LogP contribution in [0, 0.1) is 0 Å². The van der Waals surface area contributed by atoms with Crippen LogP contribution in [-0.2, 0) is 21.3 Å². The standard InChI is InChI=1S/C21H19N3O4S/c1-24(29(26,27)18-12-5-8-14-7-3-4-9-15(14)18)13-19-22-17-11-6-10-16(20(17)23-19)21(25)28-2/h3-12H,13H2,1-2H3,(H,22,23). The van der Waals surface area contributed by atoms with E-state index in [2.05, 4.69) is 9.97 Å². The summed E-state index contributed by atoms with van der Waals surface area (Å²) in [4.78, 5) is 19.7. The molecule has 0 radical (unpaired) electrons. The number of imidazole rings is 1. The molecule has 3 aromatic carbocycles. The van der Waals surface area contributed by atoms with Gasteiger partial charge in [-0.2, -0.15) is 4.31 Å². The molecule has 1 N–H and O–H groups in total. The Morgan fingerprint density at radius 1 is 1.07 bits per heavy atom. The number of aromatic nitrogens is 2. The van der Waals surface area contributed by atoms with Crippen molar-refractivity contribution in [2.75, 3.05) is 14.2 Å². The van der Waals surface area contributed by atoms with E-state index in [0.29, 0.717) is 27.8 Å². The zero-order valence-corrected chi connectivity index (χ0v) is 16.7. The Balaban J connectivity index is 1.70. The van der Waals surface area contributed by atoms with Crippen molar-refractivity contribution in [1.29, 1.82) is 0 Å². The van der Waals surface area contributed by atoms with E-state index in [4.69, 9.17) is 4.74 Å². The van der Waals surface area contributed by atoms with Crippen molar-refractivity contribution >= 4 is 37.8 Å². The summed E-state index contributed by atoms with van der Waals surface area (Å²) in [5.74, 6) is -0.0507. The molecule has 4 aromatic rings. The molecule has 0 spiro atoms. The number of rotatable bonds is 5. The van der Waals surface area contributed by atoms with Crippen LogP contribution in [0.15, 0.2) is 65.6 Å². The lowest BCUT2D eigenvalue weighted by Crippen LogP contribution is -2.27. The van der Waals surface area contributed by atoms with E-state index in [1.54, 1.807) is 36.4 Å². The number of nitrogens with zero attached hydrogens (tertiary/aromatic N) is 2. The van der Waals surface area contributed by atoms with Crippen molar-refractivity contribution in [3.8, 4) is 0 Å². The van der Waals surface area contributed by atoms with Crippen molar-refractivity contribution in [2.45, 2.75) is 11.4 Å². The van der Waals surface area contributed by atoms with Crippen molar-refractivity contribution in [3.63, 3.8) is 0 Å². The lowest BCUT2D eigenvalue weighted by Gasteiger charge is -2.17. The van der Waals surface area contributed by atoms with Gasteiger partial charge in [0.25, 0.3) is 0 Å². The topological polar surface area (TPSA) is 92.4 Å². The highest BCUT2D eigenvalue weighted by Gasteiger charge is 2.24. The molecule has 4 rings (SSSR count). The van der Waals surface area contributed by atoms with E-state index in [1.165, 1.54) is 18.5 Å². The number of esters is 1. The second-order valence-corrected chi connectivity index (χ2v) is 8.63. The van der Waals surface area contributed by atoms with Gasteiger partial charge in [-0.25, -0.2) is 18.2 Å². The third kappa shape index (κ3) is 3.37. The summed E-state index contributed by atoms with van der Waals surface area (Å²) in [5.41, 5.74) is 1.44. The number of sulfonamides is 1. The van der Waals surface area contributed by atoms with E-state index in [0.717, 1.165) is 5.39 Å². The number of carbonyl (C=O) groups is 1. The third-order valence-electron chi connectivity index (χ3n) is 4.78. The number of para-hydroxylation sites is 1. The molecule has 0 saturated heterocycles. The first-order chi connectivity index (χ1) is 13.9. The number of benzene rings is 3. The monoisotopic (exact) mass is 409 g/mol. The van der Waals surface area contributed by atoms with Crippen LogP contribution in [0.25, 0.3) is 21.8 Å². The van der Waals surface area contributed by atoms with Gasteiger partial charge in [-0.3, -0.25) is 0 Å². The summed E-state index contributed by atoms with van der Waals surface area (Å²) in [6.07, 6.45) is 0. The maximum Gasteiger partial charge on any atom is 0.340 e. The molecule has 0 atom stereocenters. The molecular formula is C21H19N3O4S. The Bertz CT molecular complexity index is 1320. The molecule has 0 saturated carbocycles. The average Bonchev–Trinajstić information content (AvgIpc) is 3.15. The number of hydrogen-bond acceptors (Lipinski definition) is 5. The van der Waals surface area contributed by atoms with Gasteiger partial charge in [0.15, 0.2) is 0 Å². The molecule has 1 heterocycles. The first-order valence-corrected chi connectivity index (χ1v) is 10.4. The Hall–Kier alpha value is -3.23. The number of methoxy groups -OCH3 is 1. The summed E-state index contributed by atoms with van der Waals surface area (Å²) >= 11 is 0. The molecule has 148 valence electrons. The lowest BCUT2D eigenvalue weighted by molar-refractivity contribution is 0.0602. The minimum absolute atomic E-state index is 0.0286. The average molecular weight is 409 g/mol. The fourth-order valence-electron chi connectivity index (χ4n) is 3.32. The van der Waals surface area contributed by atoms with Gasteiger partial charge in [0, 0.05) is 12.4 Å². The van der Waals surface area contributed by atoms with E-state index in [-0.39, 0.29) is 11.4 Å². The number of carbonyl (C=O) groups excluding carboxylic acids is 1. The fourth-order valence-corrected chi connectivity index (χ4v) is 4.66. The molecule has 0 fully saturated rings. The maximum atomic E-state index is 13.2. The smallest absolute Gasteiger partial charge is 0.340 e. The van der Waals surface area contributed by atoms with Gasteiger partial charge in [0.1, 0.15) is 5.82 Å². The molecule has 1 aromatic heterocycles. The molecular weight excluding hydrogens is 390 g/mol. The van der Waals surface area contributed by atoms with Crippen molar-refractivity contribution < 1.29 is 17.9 Å². The zero-order chi connectivity index (χ0) is 20.6. The van der Waals surface area contributed by atoms with E-state index in [9.17, 15) is 13.2 Å². The molecule has 0 aliphatic heterocycles. The molecule has 7 nitrogen and oxygen atoms in total. The number of nitrogens with one attached hydrogen (secondary N) is 1. The summed E-state index contributed by atoms with van der Waals surface area (Å²) in [6, 6.07) is 17.6. The van der Waals surface area contributed by atoms with Gasteiger partial charge >= 0.3 is 5.97 Å². The fraction of sp³-hybridized carbons (Fsp3) is 0.143. The first-order valence-electron chi connectivity index (χ1n) is 8.92. The van der Waals surface area contributed by atoms with E-state index < -0.39 is 16.0 Å². The van der Waals surface area contributed by atoms with Gasteiger partial charge < -0.3 is 9.72 Å². The number of aromatic amines is 1. The Morgan fingerprint density at radius 2 is 1.79 bits per heavy atom. The summed E-state index contributed by atoms with van der Waals surface area (Å²) < 4.78 is 32.4. The van der Waals surface area contributed by atoms with Crippen LogP contribution in [0.3, 0.4) is 0 Å². The predicted molar refractivity (Wildman–Crippen MR) is 110 cm³/mol. The first kappa shape index (κ1) is 19.1. The molecule has 0 amide bonds. The van der Waals surface area contributed by atoms with E-state index in [1.807, 2.05) is 24.3 Å². The zero-order valence-electron chi connectivity index (χ0n) is 15.9. The Labute approximate surface area is 168 Å². The Morgan fingerprint density at radius 3 is 2.59 bits per heavy atom. The Kier molecular flexibility index (Phi) is 4.81. The number of H-pyrrole nitrogens is 1. The van der Waals surface area contributed by atoms with Gasteiger partial charge in [-0.1, -0.05) is 42.5 Å². The van der Waals surface area contributed by atoms with Gasteiger partial charge in [-0.05, 0) is 23.6 Å². The minimum Gasteiger partial charge on any atom is -0.465 e. The lowest BCUT2D eigenvalue weighted by atomic mass is 10.1. The molecule has 29 heavy (non-hydrogen) atoms. The highest BCUT2D eigenvalue weighted by Crippen LogP contribution is 2.26. The molecule has 8 heteroatoms. The van der Waals surface area contributed by atoms with E-state index >= 15 is 0 Å². The van der Waals surface area contributed by atoms with Gasteiger partial charge in [0.2, 0.25) is 10.0 Å². The van der Waals surface area contributed by atoms with Crippen LogP contribution < -0.4 is 0 Å². The summed E-state index contributed by atoms with van der Waals surface area (Å²) in [5, 5.41) is 1.52. The predicted octanol–water partition coefficient (Wildman–Crippen LogP) is 3.32. The van der Waals surface area contributed by atoms with Crippen molar-refractivity contribution in [3.05, 3.63) is 72.1 Å². The summed E-state index contributed by atoms with van der Waals surface area (Å²) in [7, 11) is -0.937.